The molecule has 0 aliphatic carbocycles. The highest BCUT2D eigenvalue weighted by Gasteiger charge is 2.05. The summed E-state index contributed by atoms with van der Waals surface area (Å²) in [5.74, 6) is 0.480. The molecular weight excluding hydrogens is 224 g/mol. The first-order valence-corrected chi connectivity index (χ1v) is 7.86. The molecule has 18 heavy (non-hydrogen) atoms. The fourth-order valence-electron chi connectivity index (χ4n) is 1.83. The summed E-state index contributed by atoms with van der Waals surface area (Å²) in [6.07, 6.45) is 11.8. The average molecular weight is 256 g/mol. The van der Waals surface area contributed by atoms with Crippen LogP contribution in [0.2, 0.25) is 0 Å². The minimum absolute atomic E-state index is 0.0127. The predicted octanol–water partition coefficient (Wildman–Crippen LogP) is 5.11. The van der Waals surface area contributed by atoms with Crippen LogP contribution in [-0.2, 0) is 9.53 Å². The van der Waals surface area contributed by atoms with Crippen LogP contribution >= 0.6 is 0 Å². The highest BCUT2D eigenvalue weighted by molar-refractivity contribution is 5.69. The minimum atomic E-state index is -0.0127. The van der Waals surface area contributed by atoms with Crippen molar-refractivity contribution in [1.29, 1.82) is 0 Å². The number of unbranched alkanes of at least 4 members (excludes halogenated alkanes) is 7. The lowest BCUT2D eigenvalue weighted by Crippen LogP contribution is -2.11. The van der Waals surface area contributed by atoms with Crippen LogP contribution < -0.4 is 0 Å². The summed E-state index contributed by atoms with van der Waals surface area (Å²) in [4.78, 5) is 11.4. The molecule has 0 unspecified atom stereocenters. The van der Waals surface area contributed by atoms with E-state index in [0.29, 0.717) is 18.9 Å². The van der Waals surface area contributed by atoms with Gasteiger partial charge in [-0.2, -0.15) is 0 Å². The summed E-state index contributed by atoms with van der Waals surface area (Å²) in [5.41, 5.74) is 0. The van der Waals surface area contributed by atoms with Gasteiger partial charge in [0.15, 0.2) is 0 Å². The van der Waals surface area contributed by atoms with Crippen LogP contribution in [0.25, 0.3) is 0 Å². The third kappa shape index (κ3) is 11.9. The maximum absolute atomic E-state index is 11.4. The first kappa shape index (κ1) is 17.5. The molecule has 0 aromatic heterocycles. The zero-order valence-corrected chi connectivity index (χ0v) is 12.7. The summed E-state index contributed by atoms with van der Waals surface area (Å²) in [7, 11) is 0. The molecule has 0 saturated heterocycles. The van der Waals surface area contributed by atoms with Crippen molar-refractivity contribution in [3.8, 4) is 0 Å². The lowest BCUT2D eigenvalue weighted by Gasteiger charge is -2.09. The van der Waals surface area contributed by atoms with Gasteiger partial charge < -0.3 is 4.74 Å². The zero-order chi connectivity index (χ0) is 13.6. The molecule has 0 aromatic rings. The minimum Gasteiger partial charge on any atom is -0.465 e. The second-order valence-corrected chi connectivity index (χ2v) is 5.42. The van der Waals surface area contributed by atoms with Gasteiger partial charge in [-0.15, -0.1) is 0 Å². The SMILES string of the molecule is CCCCCCCCCCC(=O)OC[C@@H](C)CC. The van der Waals surface area contributed by atoms with Gasteiger partial charge in [-0.25, -0.2) is 0 Å². The van der Waals surface area contributed by atoms with Crippen molar-refractivity contribution in [3.63, 3.8) is 0 Å². The quantitative estimate of drug-likeness (QED) is 0.358. The molecule has 0 radical (unpaired) electrons. The van der Waals surface area contributed by atoms with E-state index in [1.807, 2.05) is 0 Å². The van der Waals surface area contributed by atoms with E-state index in [4.69, 9.17) is 4.74 Å². The molecule has 0 saturated carbocycles. The standard InChI is InChI=1S/C16H32O2/c1-4-6-7-8-9-10-11-12-13-16(17)18-14-15(3)5-2/h15H,4-14H2,1-3H3/t15-/m0/s1. The number of ether oxygens (including phenoxy) is 1. The normalized spacial score (nSPS) is 12.4. The van der Waals surface area contributed by atoms with Gasteiger partial charge in [0.2, 0.25) is 0 Å². The number of carbonyl (C=O) groups excluding carboxylic acids is 1. The summed E-state index contributed by atoms with van der Waals surface area (Å²) >= 11 is 0. The molecule has 0 spiro atoms. The van der Waals surface area contributed by atoms with Gasteiger partial charge in [0.05, 0.1) is 6.61 Å². The van der Waals surface area contributed by atoms with Crippen molar-refractivity contribution in [3.05, 3.63) is 0 Å². The summed E-state index contributed by atoms with van der Waals surface area (Å²) in [6.45, 7) is 7.07. The van der Waals surface area contributed by atoms with Crippen LogP contribution in [0.1, 0.15) is 85.0 Å². The highest BCUT2D eigenvalue weighted by atomic mass is 16.5. The molecule has 0 N–H and O–H groups in total. The Balaban J connectivity index is 3.20. The predicted molar refractivity (Wildman–Crippen MR) is 77.6 cm³/mol. The fourth-order valence-corrected chi connectivity index (χ4v) is 1.83. The van der Waals surface area contributed by atoms with Gasteiger partial charge in [0, 0.05) is 6.42 Å². The maximum atomic E-state index is 11.4. The van der Waals surface area contributed by atoms with Crippen molar-refractivity contribution >= 4 is 5.97 Å². The van der Waals surface area contributed by atoms with Crippen molar-refractivity contribution in [1.82, 2.24) is 0 Å². The number of carbonyl (C=O) groups is 1. The van der Waals surface area contributed by atoms with Crippen molar-refractivity contribution < 1.29 is 9.53 Å². The monoisotopic (exact) mass is 256 g/mol. The Morgan fingerprint density at radius 1 is 0.944 bits per heavy atom. The Kier molecular flexibility index (Phi) is 12.5. The van der Waals surface area contributed by atoms with E-state index in [-0.39, 0.29) is 5.97 Å². The highest BCUT2D eigenvalue weighted by Crippen LogP contribution is 2.10. The second-order valence-electron chi connectivity index (χ2n) is 5.42. The zero-order valence-electron chi connectivity index (χ0n) is 12.7. The first-order chi connectivity index (χ1) is 8.70. The summed E-state index contributed by atoms with van der Waals surface area (Å²) in [5, 5.41) is 0. The maximum Gasteiger partial charge on any atom is 0.305 e. The molecule has 0 fully saturated rings. The van der Waals surface area contributed by atoms with Gasteiger partial charge in [0.1, 0.15) is 0 Å². The smallest absolute Gasteiger partial charge is 0.305 e. The first-order valence-electron chi connectivity index (χ1n) is 7.86. The van der Waals surface area contributed by atoms with Crippen molar-refractivity contribution in [2.24, 2.45) is 5.92 Å². The lowest BCUT2D eigenvalue weighted by atomic mass is 10.1. The molecule has 1 atom stereocenters. The Hall–Kier alpha value is -0.530. The molecule has 0 rings (SSSR count). The van der Waals surface area contributed by atoms with Gasteiger partial charge in [-0.3, -0.25) is 4.79 Å². The van der Waals surface area contributed by atoms with Crippen molar-refractivity contribution in [2.75, 3.05) is 6.61 Å². The molecule has 0 heterocycles. The largest absolute Gasteiger partial charge is 0.465 e. The van der Waals surface area contributed by atoms with E-state index >= 15 is 0 Å². The second kappa shape index (κ2) is 12.9. The molecular formula is C16H32O2. The van der Waals surface area contributed by atoms with E-state index in [1.54, 1.807) is 0 Å². The van der Waals surface area contributed by atoms with E-state index in [9.17, 15) is 4.79 Å². The van der Waals surface area contributed by atoms with Crippen molar-refractivity contribution in [2.45, 2.75) is 85.0 Å². The third-order valence-corrected chi connectivity index (χ3v) is 3.46. The Bertz CT molecular complexity index is 190. The van der Waals surface area contributed by atoms with Crippen LogP contribution in [0.5, 0.6) is 0 Å². The number of hydrogen-bond donors (Lipinski definition) is 0. The van der Waals surface area contributed by atoms with Crippen LogP contribution in [-0.4, -0.2) is 12.6 Å². The Labute approximate surface area is 113 Å². The summed E-state index contributed by atoms with van der Waals surface area (Å²) in [6, 6.07) is 0. The molecule has 0 aliphatic heterocycles. The van der Waals surface area contributed by atoms with Gasteiger partial charge >= 0.3 is 5.97 Å². The van der Waals surface area contributed by atoms with Gasteiger partial charge in [0.25, 0.3) is 0 Å². The van der Waals surface area contributed by atoms with E-state index in [2.05, 4.69) is 20.8 Å². The molecule has 0 amide bonds. The topological polar surface area (TPSA) is 26.3 Å². The van der Waals surface area contributed by atoms with E-state index < -0.39 is 0 Å². The molecule has 2 nitrogen and oxygen atoms in total. The van der Waals surface area contributed by atoms with E-state index in [1.165, 1.54) is 44.9 Å². The van der Waals surface area contributed by atoms with Crippen LogP contribution in [0.4, 0.5) is 0 Å². The molecule has 0 aromatic carbocycles. The number of rotatable bonds is 12. The van der Waals surface area contributed by atoms with Gasteiger partial charge in [-0.1, -0.05) is 72.1 Å². The molecule has 0 aliphatic rings. The van der Waals surface area contributed by atoms with Crippen LogP contribution in [0.3, 0.4) is 0 Å². The Morgan fingerprint density at radius 2 is 1.50 bits per heavy atom. The number of esters is 1. The molecule has 0 bridgehead atoms. The molecule has 108 valence electrons. The Morgan fingerprint density at radius 3 is 2.06 bits per heavy atom. The third-order valence-electron chi connectivity index (χ3n) is 3.46. The summed E-state index contributed by atoms with van der Waals surface area (Å²) < 4.78 is 5.22. The number of hydrogen-bond acceptors (Lipinski definition) is 2. The van der Waals surface area contributed by atoms with E-state index in [0.717, 1.165) is 12.8 Å². The molecule has 2 heteroatoms. The average Bonchev–Trinajstić information content (AvgIpc) is 2.39. The van der Waals surface area contributed by atoms with Gasteiger partial charge in [-0.05, 0) is 12.3 Å². The lowest BCUT2D eigenvalue weighted by molar-refractivity contribution is -0.145. The van der Waals surface area contributed by atoms with Crippen LogP contribution in [0, 0.1) is 5.92 Å². The van der Waals surface area contributed by atoms with Crippen LogP contribution in [0.15, 0.2) is 0 Å². The fraction of sp³-hybridized carbons (Fsp3) is 0.938.